The summed E-state index contributed by atoms with van der Waals surface area (Å²) >= 11 is 4.20. The smallest absolute Gasteiger partial charge is 0.0192 e. The van der Waals surface area contributed by atoms with Crippen molar-refractivity contribution in [1.82, 2.24) is 10.2 Å². The predicted molar refractivity (Wildman–Crippen MR) is 72.1 cm³/mol. The summed E-state index contributed by atoms with van der Waals surface area (Å²) < 4.78 is 0. The van der Waals surface area contributed by atoms with E-state index in [0.29, 0.717) is 0 Å². The van der Waals surface area contributed by atoms with Crippen LogP contribution >= 0.6 is 23.5 Å². The molecule has 4 heteroatoms. The van der Waals surface area contributed by atoms with Crippen molar-refractivity contribution in [3.63, 3.8) is 0 Å². The molecule has 2 fully saturated rings. The minimum absolute atomic E-state index is 0.772. The Kier molecular flexibility index (Phi) is 5.14. The van der Waals surface area contributed by atoms with Crippen LogP contribution in [0.1, 0.15) is 13.3 Å². The van der Waals surface area contributed by atoms with Gasteiger partial charge in [0.1, 0.15) is 0 Å². The minimum atomic E-state index is 0.772. The average molecular weight is 246 g/mol. The van der Waals surface area contributed by atoms with E-state index in [1.807, 2.05) is 0 Å². The van der Waals surface area contributed by atoms with Gasteiger partial charge in [0.25, 0.3) is 0 Å². The van der Waals surface area contributed by atoms with Gasteiger partial charge in [-0.05, 0) is 12.2 Å². The van der Waals surface area contributed by atoms with E-state index in [0.717, 1.165) is 11.3 Å². The second kappa shape index (κ2) is 6.38. The van der Waals surface area contributed by atoms with Crippen LogP contribution in [0.15, 0.2) is 0 Å². The fourth-order valence-electron chi connectivity index (χ4n) is 2.23. The van der Waals surface area contributed by atoms with E-state index in [1.54, 1.807) is 0 Å². The lowest BCUT2D eigenvalue weighted by molar-refractivity contribution is 0.295. The van der Waals surface area contributed by atoms with Crippen LogP contribution in [0.3, 0.4) is 0 Å². The first kappa shape index (κ1) is 12.1. The van der Waals surface area contributed by atoms with E-state index in [4.69, 9.17) is 0 Å². The maximum atomic E-state index is 3.71. The van der Waals surface area contributed by atoms with Gasteiger partial charge in [-0.2, -0.15) is 23.5 Å². The molecular formula is C11H22N2S2. The molecule has 15 heavy (non-hydrogen) atoms. The van der Waals surface area contributed by atoms with Crippen molar-refractivity contribution < 1.29 is 0 Å². The Morgan fingerprint density at radius 3 is 2.73 bits per heavy atom. The largest absolute Gasteiger partial charge is 0.312 e. The highest BCUT2D eigenvalue weighted by atomic mass is 32.2. The summed E-state index contributed by atoms with van der Waals surface area (Å²) in [6, 6.07) is 0.772. The van der Waals surface area contributed by atoms with E-state index in [2.05, 4.69) is 40.7 Å². The molecule has 2 heterocycles. The molecule has 0 aromatic rings. The van der Waals surface area contributed by atoms with Crippen LogP contribution in [0.4, 0.5) is 0 Å². The maximum Gasteiger partial charge on any atom is 0.0192 e. The summed E-state index contributed by atoms with van der Waals surface area (Å²) in [7, 11) is 0. The Morgan fingerprint density at radius 2 is 2.07 bits per heavy atom. The number of rotatable bonds is 4. The molecule has 1 N–H and O–H groups in total. The second-order valence-electron chi connectivity index (χ2n) is 4.38. The van der Waals surface area contributed by atoms with Gasteiger partial charge in [-0.25, -0.2) is 0 Å². The van der Waals surface area contributed by atoms with E-state index >= 15 is 0 Å². The number of hydrogen-bond acceptors (Lipinski definition) is 4. The quantitative estimate of drug-likeness (QED) is 0.808. The normalized spacial score (nSPS) is 33.4. The summed E-state index contributed by atoms with van der Waals surface area (Å²) in [4.78, 5) is 2.59. The van der Waals surface area contributed by atoms with Crippen LogP contribution in [-0.2, 0) is 0 Å². The van der Waals surface area contributed by atoms with Crippen LogP contribution in [0.2, 0.25) is 0 Å². The summed E-state index contributed by atoms with van der Waals surface area (Å²) in [5.41, 5.74) is 0. The first-order chi connectivity index (χ1) is 7.36. The molecule has 2 atom stereocenters. The molecule has 0 amide bonds. The van der Waals surface area contributed by atoms with E-state index in [-0.39, 0.29) is 0 Å². The minimum Gasteiger partial charge on any atom is -0.312 e. The van der Waals surface area contributed by atoms with Gasteiger partial charge < -0.3 is 10.2 Å². The average Bonchev–Trinajstić information content (AvgIpc) is 2.66. The van der Waals surface area contributed by atoms with E-state index < -0.39 is 0 Å². The zero-order chi connectivity index (χ0) is 10.5. The Hall–Kier alpha value is 0.620. The summed E-state index contributed by atoms with van der Waals surface area (Å²) in [5, 5.41) is 4.53. The Labute approximate surface area is 102 Å². The Morgan fingerprint density at radius 1 is 1.27 bits per heavy atom. The van der Waals surface area contributed by atoms with Crippen LogP contribution in [0.25, 0.3) is 0 Å². The van der Waals surface area contributed by atoms with Crippen molar-refractivity contribution >= 4 is 23.5 Å². The molecule has 88 valence electrons. The molecule has 2 aliphatic heterocycles. The number of hydrogen-bond donors (Lipinski definition) is 1. The lowest BCUT2D eigenvalue weighted by Gasteiger charge is -2.27. The molecule has 2 unspecified atom stereocenters. The van der Waals surface area contributed by atoms with Crippen LogP contribution in [0.5, 0.6) is 0 Å². The zero-order valence-corrected chi connectivity index (χ0v) is 11.2. The second-order valence-corrected chi connectivity index (χ2v) is 7.09. The van der Waals surface area contributed by atoms with Crippen molar-refractivity contribution in [3.8, 4) is 0 Å². The molecule has 0 spiro atoms. The topological polar surface area (TPSA) is 15.3 Å². The predicted octanol–water partition coefficient (Wildman–Crippen LogP) is 1.52. The third kappa shape index (κ3) is 3.84. The standard InChI is InChI=1S/C11H22N2S2/c1-10-11(2-7-15-10)12-3-4-13-5-8-14-9-6-13/h10-12H,2-9H2,1H3. The van der Waals surface area contributed by atoms with Gasteiger partial charge in [-0.3, -0.25) is 0 Å². The summed E-state index contributed by atoms with van der Waals surface area (Å²) in [6.45, 7) is 7.37. The third-order valence-corrected chi connectivity index (χ3v) is 5.58. The Bertz CT molecular complexity index is 183. The van der Waals surface area contributed by atoms with Crippen molar-refractivity contribution in [2.24, 2.45) is 0 Å². The highest BCUT2D eigenvalue weighted by Crippen LogP contribution is 2.25. The lowest BCUT2D eigenvalue weighted by atomic mass is 10.2. The third-order valence-electron chi connectivity index (χ3n) is 3.31. The van der Waals surface area contributed by atoms with Crippen molar-refractivity contribution in [2.45, 2.75) is 24.6 Å². The van der Waals surface area contributed by atoms with Crippen molar-refractivity contribution in [2.75, 3.05) is 43.4 Å². The van der Waals surface area contributed by atoms with E-state index in [9.17, 15) is 0 Å². The Balaban J connectivity index is 1.57. The lowest BCUT2D eigenvalue weighted by Crippen LogP contribution is -2.42. The fraction of sp³-hybridized carbons (Fsp3) is 1.00. The van der Waals surface area contributed by atoms with Gasteiger partial charge in [0.2, 0.25) is 0 Å². The first-order valence-electron chi connectivity index (χ1n) is 6.01. The number of thioether (sulfide) groups is 2. The molecule has 0 aromatic carbocycles. The van der Waals surface area contributed by atoms with Gasteiger partial charge in [0, 0.05) is 49.0 Å². The fourth-order valence-corrected chi connectivity index (χ4v) is 4.44. The van der Waals surface area contributed by atoms with Crippen molar-refractivity contribution in [1.29, 1.82) is 0 Å². The number of nitrogens with one attached hydrogen (secondary N) is 1. The summed E-state index contributed by atoms with van der Waals surface area (Å²) in [6.07, 6.45) is 1.36. The molecule has 0 radical (unpaired) electrons. The van der Waals surface area contributed by atoms with Gasteiger partial charge in [-0.15, -0.1) is 0 Å². The molecule has 0 bridgehead atoms. The molecule has 0 aromatic heterocycles. The van der Waals surface area contributed by atoms with E-state index in [1.165, 1.54) is 49.9 Å². The molecule has 2 aliphatic rings. The van der Waals surface area contributed by atoms with Gasteiger partial charge in [-0.1, -0.05) is 6.92 Å². The number of nitrogens with zero attached hydrogens (tertiary/aromatic N) is 1. The van der Waals surface area contributed by atoms with Crippen LogP contribution in [0, 0.1) is 0 Å². The molecule has 0 saturated carbocycles. The molecular weight excluding hydrogens is 224 g/mol. The van der Waals surface area contributed by atoms with Crippen molar-refractivity contribution in [3.05, 3.63) is 0 Å². The van der Waals surface area contributed by atoms with Gasteiger partial charge >= 0.3 is 0 Å². The van der Waals surface area contributed by atoms with Gasteiger partial charge in [0.15, 0.2) is 0 Å². The first-order valence-corrected chi connectivity index (χ1v) is 8.22. The molecule has 2 rings (SSSR count). The van der Waals surface area contributed by atoms with Crippen LogP contribution < -0.4 is 5.32 Å². The van der Waals surface area contributed by atoms with Gasteiger partial charge in [0.05, 0.1) is 0 Å². The molecule has 2 nitrogen and oxygen atoms in total. The van der Waals surface area contributed by atoms with Crippen LogP contribution in [-0.4, -0.2) is 59.6 Å². The summed E-state index contributed by atoms with van der Waals surface area (Å²) in [5.74, 6) is 4.00. The highest BCUT2D eigenvalue weighted by molar-refractivity contribution is 8.00. The highest BCUT2D eigenvalue weighted by Gasteiger charge is 2.23. The maximum absolute atomic E-state index is 3.71. The SMILES string of the molecule is CC1SCCC1NCCN1CCSCC1. The monoisotopic (exact) mass is 246 g/mol. The molecule has 0 aliphatic carbocycles. The molecule has 2 saturated heterocycles. The zero-order valence-electron chi connectivity index (χ0n) is 9.58.